The molecule has 0 atom stereocenters. The van der Waals surface area contributed by atoms with Crippen molar-refractivity contribution in [1.29, 1.82) is 0 Å². The topological polar surface area (TPSA) is 68.0 Å². The predicted octanol–water partition coefficient (Wildman–Crippen LogP) is 2.74. The van der Waals surface area contributed by atoms with E-state index in [0.29, 0.717) is 4.67 Å². The quantitative estimate of drug-likeness (QED) is 0.866. The van der Waals surface area contributed by atoms with Gasteiger partial charge in [-0.2, -0.15) is 0 Å². The minimum Gasteiger partial charge on any atom is -0.444 e. The number of hydrogen-bond donors (Lipinski definition) is 1. The minimum atomic E-state index is -0.437. The fraction of sp³-hybridized carbons (Fsp3) is 0. The normalized spacial score (nSPS) is 10.1. The maximum absolute atomic E-state index is 11.6. The van der Waals surface area contributed by atoms with Gasteiger partial charge in [0.15, 0.2) is 10.4 Å². The van der Waals surface area contributed by atoms with Gasteiger partial charge >= 0.3 is 0 Å². The van der Waals surface area contributed by atoms with E-state index in [2.05, 4.69) is 31.2 Å². The Morgan fingerprint density at radius 2 is 2.25 bits per heavy atom. The van der Waals surface area contributed by atoms with Gasteiger partial charge in [-0.25, -0.2) is 9.97 Å². The molecule has 0 fully saturated rings. The van der Waals surface area contributed by atoms with Crippen LogP contribution >= 0.6 is 27.5 Å². The molecule has 0 bridgehead atoms. The Hall–Kier alpha value is -1.40. The zero-order valence-electron chi connectivity index (χ0n) is 7.78. The third-order valence-corrected chi connectivity index (χ3v) is 2.28. The van der Waals surface area contributed by atoms with Crippen molar-refractivity contribution >= 4 is 39.4 Å². The van der Waals surface area contributed by atoms with Crippen LogP contribution < -0.4 is 5.32 Å². The van der Waals surface area contributed by atoms with Crippen LogP contribution in [0.5, 0.6) is 0 Å². The molecule has 2 heterocycles. The van der Waals surface area contributed by atoms with Crippen molar-refractivity contribution in [1.82, 2.24) is 9.97 Å². The van der Waals surface area contributed by atoms with Crippen LogP contribution in [0.15, 0.2) is 33.5 Å². The van der Waals surface area contributed by atoms with Crippen molar-refractivity contribution in [2.24, 2.45) is 0 Å². The van der Waals surface area contributed by atoms with Crippen LogP contribution in [0.1, 0.15) is 10.6 Å². The van der Waals surface area contributed by atoms with Gasteiger partial charge in [-0.1, -0.05) is 11.6 Å². The molecule has 0 aliphatic heterocycles. The molecule has 0 saturated heterocycles. The van der Waals surface area contributed by atoms with Crippen molar-refractivity contribution in [3.63, 3.8) is 0 Å². The predicted molar refractivity (Wildman–Crippen MR) is 61.4 cm³/mol. The van der Waals surface area contributed by atoms with Gasteiger partial charge in [-0.3, -0.25) is 10.1 Å². The van der Waals surface area contributed by atoms with Crippen LogP contribution in [0.3, 0.4) is 0 Å². The van der Waals surface area contributed by atoms with Crippen LogP contribution in [0.25, 0.3) is 0 Å². The molecule has 2 rings (SSSR count). The summed E-state index contributed by atoms with van der Waals surface area (Å²) >= 11 is 8.74. The lowest BCUT2D eigenvalue weighted by molar-refractivity contribution is 0.0994. The highest BCUT2D eigenvalue weighted by atomic mass is 79.9. The van der Waals surface area contributed by atoms with Gasteiger partial charge in [-0.05, 0) is 34.1 Å². The third kappa shape index (κ3) is 2.59. The van der Waals surface area contributed by atoms with Gasteiger partial charge in [0.2, 0.25) is 5.95 Å². The molecule has 0 unspecified atom stereocenters. The monoisotopic (exact) mass is 301 g/mol. The molecule has 16 heavy (non-hydrogen) atoms. The van der Waals surface area contributed by atoms with E-state index in [1.807, 2.05) is 0 Å². The lowest BCUT2D eigenvalue weighted by atomic mass is 10.4. The molecule has 1 N–H and O–H groups in total. The molecule has 0 saturated carbocycles. The fourth-order valence-electron chi connectivity index (χ4n) is 0.996. The fourth-order valence-corrected chi connectivity index (χ4v) is 1.44. The lowest BCUT2D eigenvalue weighted by Gasteiger charge is -2.00. The molecule has 5 nitrogen and oxygen atoms in total. The summed E-state index contributed by atoms with van der Waals surface area (Å²) in [7, 11) is 0. The number of nitrogens with zero attached hydrogens (tertiary/aromatic N) is 2. The number of rotatable bonds is 2. The SMILES string of the molecule is O=C(Nc1nccc(Cl)n1)c1ccc(Br)o1. The van der Waals surface area contributed by atoms with Crippen LogP contribution in [0.2, 0.25) is 5.15 Å². The van der Waals surface area contributed by atoms with Crippen molar-refractivity contribution in [3.05, 3.63) is 40.0 Å². The summed E-state index contributed by atoms with van der Waals surface area (Å²) in [5, 5.41) is 2.71. The van der Waals surface area contributed by atoms with Crippen LogP contribution in [-0.4, -0.2) is 15.9 Å². The Morgan fingerprint density at radius 1 is 1.44 bits per heavy atom. The van der Waals surface area contributed by atoms with Gasteiger partial charge < -0.3 is 4.42 Å². The standard InChI is InChI=1S/C9H5BrClN3O2/c10-6-2-1-5(16-6)8(15)14-9-12-4-3-7(11)13-9/h1-4H,(H,12,13,14,15). The molecule has 0 radical (unpaired) electrons. The van der Waals surface area contributed by atoms with E-state index in [-0.39, 0.29) is 16.9 Å². The van der Waals surface area contributed by atoms with Gasteiger partial charge in [0.05, 0.1) is 0 Å². The highest BCUT2D eigenvalue weighted by Gasteiger charge is 2.11. The van der Waals surface area contributed by atoms with Crippen molar-refractivity contribution < 1.29 is 9.21 Å². The molecule has 0 aliphatic carbocycles. The first-order valence-corrected chi connectivity index (χ1v) is 5.37. The summed E-state index contributed by atoms with van der Waals surface area (Å²) < 4.78 is 5.54. The summed E-state index contributed by atoms with van der Waals surface area (Å²) in [5.41, 5.74) is 0. The van der Waals surface area contributed by atoms with E-state index in [4.69, 9.17) is 16.0 Å². The van der Waals surface area contributed by atoms with Gasteiger partial charge in [0.25, 0.3) is 5.91 Å². The molecule has 82 valence electrons. The lowest BCUT2D eigenvalue weighted by Crippen LogP contribution is -2.13. The number of hydrogen-bond acceptors (Lipinski definition) is 4. The third-order valence-electron chi connectivity index (χ3n) is 1.64. The Morgan fingerprint density at radius 3 is 2.88 bits per heavy atom. The zero-order chi connectivity index (χ0) is 11.5. The summed E-state index contributed by atoms with van der Waals surface area (Å²) in [4.78, 5) is 19.2. The second-order valence-electron chi connectivity index (χ2n) is 2.76. The summed E-state index contributed by atoms with van der Waals surface area (Å²) in [5.74, 6) is -0.145. The largest absolute Gasteiger partial charge is 0.444 e. The zero-order valence-corrected chi connectivity index (χ0v) is 10.1. The number of anilines is 1. The van der Waals surface area contributed by atoms with E-state index < -0.39 is 5.91 Å². The van der Waals surface area contributed by atoms with Crippen LogP contribution in [0, 0.1) is 0 Å². The van der Waals surface area contributed by atoms with E-state index in [1.54, 1.807) is 6.07 Å². The van der Waals surface area contributed by atoms with E-state index in [1.165, 1.54) is 18.3 Å². The van der Waals surface area contributed by atoms with E-state index in [9.17, 15) is 4.79 Å². The van der Waals surface area contributed by atoms with Gasteiger partial charge in [0, 0.05) is 6.20 Å². The van der Waals surface area contributed by atoms with Crippen LogP contribution in [0.4, 0.5) is 5.95 Å². The number of aromatic nitrogens is 2. The molecule has 1 amide bonds. The van der Waals surface area contributed by atoms with Gasteiger partial charge in [-0.15, -0.1) is 0 Å². The van der Waals surface area contributed by atoms with E-state index >= 15 is 0 Å². The number of halogens is 2. The molecule has 0 aromatic carbocycles. The smallest absolute Gasteiger partial charge is 0.293 e. The molecule has 2 aromatic heterocycles. The van der Waals surface area contributed by atoms with Gasteiger partial charge in [0.1, 0.15) is 5.15 Å². The number of carbonyl (C=O) groups is 1. The Balaban J connectivity index is 2.13. The summed E-state index contributed by atoms with van der Waals surface area (Å²) in [6.07, 6.45) is 1.45. The number of amides is 1. The number of nitrogens with one attached hydrogen (secondary N) is 1. The Kier molecular flexibility index (Phi) is 3.21. The Labute approximate surface area is 104 Å². The van der Waals surface area contributed by atoms with Crippen molar-refractivity contribution in [2.45, 2.75) is 0 Å². The first kappa shape index (κ1) is 11.1. The average molecular weight is 303 g/mol. The minimum absolute atomic E-state index is 0.130. The maximum Gasteiger partial charge on any atom is 0.293 e. The molecular formula is C9H5BrClN3O2. The highest BCUT2D eigenvalue weighted by Crippen LogP contribution is 2.15. The maximum atomic E-state index is 11.6. The van der Waals surface area contributed by atoms with Crippen molar-refractivity contribution in [2.75, 3.05) is 5.32 Å². The molecule has 2 aromatic rings. The number of carbonyl (C=O) groups excluding carboxylic acids is 1. The first-order chi connectivity index (χ1) is 7.65. The first-order valence-electron chi connectivity index (χ1n) is 4.20. The molecule has 0 spiro atoms. The molecular weight excluding hydrogens is 297 g/mol. The second kappa shape index (κ2) is 4.63. The average Bonchev–Trinajstić information content (AvgIpc) is 2.65. The Bertz CT molecular complexity index is 529. The number of furan rings is 1. The highest BCUT2D eigenvalue weighted by molar-refractivity contribution is 9.10. The van der Waals surface area contributed by atoms with Crippen molar-refractivity contribution in [3.8, 4) is 0 Å². The molecule has 0 aliphatic rings. The summed E-state index contributed by atoms with van der Waals surface area (Å²) in [6, 6.07) is 4.67. The molecule has 7 heteroatoms. The van der Waals surface area contributed by atoms with E-state index in [0.717, 1.165) is 0 Å². The van der Waals surface area contributed by atoms with Crippen LogP contribution in [-0.2, 0) is 0 Å². The second-order valence-corrected chi connectivity index (χ2v) is 3.93. The summed E-state index contributed by atoms with van der Waals surface area (Å²) in [6.45, 7) is 0.